The zero-order chi connectivity index (χ0) is 8.34. The monoisotopic (exact) mass is 166 g/mol. The molecule has 0 amide bonds. The average Bonchev–Trinajstić information content (AvgIpc) is 2.13. The molecule has 0 spiro atoms. The van der Waals surface area contributed by atoms with Crippen LogP contribution in [0, 0.1) is 29.1 Å². The van der Waals surface area contributed by atoms with Gasteiger partial charge in [-0.1, -0.05) is 6.92 Å². The van der Waals surface area contributed by atoms with Crippen molar-refractivity contribution in [1.29, 1.82) is 0 Å². The second-order valence-corrected chi connectivity index (χ2v) is 5.51. The molecule has 1 heteroatoms. The lowest BCUT2D eigenvalue weighted by Crippen LogP contribution is -2.48. The van der Waals surface area contributed by atoms with Crippen molar-refractivity contribution in [3.8, 4) is 0 Å². The summed E-state index contributed by atoms with van der Waals surface area (Å²) in [5.74, 6) is 4.26. The van der Waals surface area contributed by atoms with Crippen LogP contribution >= 0.6 is 0 Å². The first-order valence-electron chi connectivity index (χ1n) is 5.35. The Labute approximate surface area is 74.2 Å². The number of hydrogen-bond acceptors (Lipinski definition) is 1. The first kappa shape index (κ1) is 7.37. The van der Waals surface area contributed by atoms with E-state index in [1.54, 1.807) is 0 Å². The van der Waals surface area contributed by atoms with Gasteiger partial charge in [-0.05, 0) is 54.8 Å². The van der Waals surface area contributed by atoms with Crippen LogP contribution < -0.4 is 0 Å². The van der Waals surface area contributed by atoms with Gasteiger partial charge in [0.2, 0.25) is 0 Å². The van der Waals surface area contributed by atoms with Crippen molar-refractivity contribution in [3.05, 3.63) is 0 Å². The van der Waals surface area contributed by atoms with Crippen LogP contribution in [0.5, 0.6) is 0 Å². The third-order valence-corrected chi connectivity index (χ3v) is 5.02. The fourth-order valence-corrected chi connectivity index (χ4v) is 4.35. The molecule has 0 aromatic rings. The number of aliphatic hydroxyl groups is 1. The van der Waals surface area contributed by atoms with Crippen LogP contribution in [0.1, 0.15) is 32.6 Å². The molecule has 68 valence electrons. The standard InChI is InChI=1S/C11H18O/c1-11(2-3-12)6-8-4-7-5-9(11)10(7)8/h7-10,12H,2-6H2,1H3. The van der Waals surface area contributed by atoms with Crippen molar-refractivity contribution in [2.75, 3.05) is 6.61 Å². The molecule has 1 N–H and O–H groups in total. The van der Waals surface area contributed by atoms with Crippen molar-refractivity contribution in [3.63, 3.8) is 0 Å². The summed E-state index contributed by atoms with van der Waals surface area (Å²) < 4.78 is 0. The summed E-state index contributed by atoms with van der Waals surface area (Å²) in [7, 11) is 0. The summed E-state index contributed by atoms with van der Waals surface area (Å²) in [5.41, 5.74) is 0.525. The molecule has 3 saturated carbocycles. The van der Waals surface area contributed by atoms with Crippen molar-refractivity contribution >= 4 is 0 Å². The summed E-state index contributed by atoms with van der Waals surface area (Å²) in [6.07, 6.45) is 5.47. The Balaban J connectivity index is 1.80. The first-order valence-corrected chi connectivity index (χ1v) is 5.35. The minimum atomic E-state index is 0.400. The maximum atomic E-state index is 9.02. The number of aliphatic hydroxyl groups excluding tert-OH is 1. The van der Waals surface area contributed by atoms with Gasteiger partial charge in [0.1, 0.15) is 0 Å². The third kappa shape index (κ3) is 0.654. The van der Waals surface area contributed by atoms with Gasteiger partial charge in [-0.15, -0.1) is 0 Å². The van der Waals surface area contributed by atoms with Gasteiger partial charge >= 0.3 is 0 Å². The third-order valence-electron chi connectivity index (χ3n) is 5.02. The normalized spacial score (nSPS) is 60.5. The van der Waals surface area contributed by atoms with Crippen molar-refractivity contribution < 1.29 is 5.11 Å². The fraction of sp³-hybridized carbons (Fsp3) is 1.00. The van der Waals surface area contributed by atoms with Gasteiger partial charge in [-0.25, -0.2) is 0 Å². The quantitative estimate of drug-likeness (QED) is 0.665. The van der Waals surface area contributed by atoms with Crippen LogP contribution in [0.15, 0.2) is 0 Å². The Morgan fingerprint density at radius 1 is 1.33 bits per heavy atom. The molecule has 3 aliphatic rings. The van der Waals surface area contributed by atoms with E-state index in [0.717, 1.165) is 30.1 Å². The van der Waals surface area contributed by atoms with E-state index in [-0.39, 0.29) is 0 Å². The summed E-state index contributed by atoms with van der Waals surface area (Å²) in [6.45, 7) is 2.81. The zero-order valence-electron chi connectivity index (χ0n) is 7.79. The second kappa shape index (κ2) is 2.06. The molecule has 12 heavy (non-hydrogen) atoms. The fourth-order valence-electron chi connectivity index (χ4n) is 4.35. The van der Waals surface area contributed by atoms with Gasteiger partial charge in [0.25, 0.3) is 0 Å². The highest BCUT2D eigenvalue weighted by Gasteiger charge is 2.64. The largest absolute Gasteiger partial charge is 0.396 e. The minimum Gasteiger partial charge on any atom is -0.396 e. The Kier molecular flexibility index (Phi) is 1.27. The molecule has 5 unspecified atom stereocenters. The summed E-state index contributed by atoms with van der Waals surface area (Å²) in [5, 5.41) is 9.02. The van der Waals surface area contributed by atoms with Gasteiger partial charge < -0.3 is 5.11 Å². The Morgan fingerprint density at radius 2 is 2.17 bits per heavy atom. The molecular weight excluding hydrogens is 148 g/mol. The number of rotatable bonds is 2. The molecule has 0 heterocycles. The average molecular weight is 166 g/mol. The molecule has 0 aliphatic heterocycles. The highest BCUT2D eigenvalue weighted by atomic mass is 16.3. The van der Waals surface area contributed by atoms with E-state index in [4.69, 9.17) is 5.11 Å². The smallest absolute Gasteiger partial charge is 0.0436 e. The molecule has 5 atom stereocenters. The summed E-state index contributed by atoms with van der Waals surface area (Å²) in [6, 6.07) is 0. The predicted octanol–water partition coefficient (Wildman–Crippen LogP) is 2.05. The highest BCUT2D eigenvalue weighted by molar-refractivity contribution is 5.13. The molecule has 0 saturated heterocycles. The molecular formula is C11H18O. The van der Waals surface area contributed by atoms with E-state index in [0.29, 0.717) is 12.0 Å². The molecule has 0 aromatic carbocycles. The Bertz CT molecular complexity index is 213. The number of hydrogen-bond donors (Lipinski definition) is 1. The Morgan fingerprint density at radius 3 is 2.75 bits per heavy atom. The lowest BCUT2D eigenvalue weighted by atomic mass is 9.50. The molecule has 0 bridgehead atoms. The molecule has 3 aliphatic carbocycles. The van der Waals surface area contributed by atoms with Gasteiger partial charge in [0.05, 0.1) is 0 Å². The van der Waals surface area contributed by atoms with Crippen LogP contribution in [0.3, 0.4) is 0 Å². The van der Waals surface area contributed by atoms with Crippen LogP contribution in [0.2, 0.25) is 0 Å². The first-order chi connectivity index (χ1) is 5.74. The van der Waals surface area contributed by atoms with Gasteiger partial charge in [0, 0.05) is 6.61 Å². The van der Waals surface area contributed by atoms with E-state index in [1.807, 2.05) is 0 Å². The SMILES string of the molecule is CC1(CCO)CC2CC3CC1C32. The van der Waals surface area contributed by atoms with E-state index in [1.165, 1.54) is 19.3 Å². The van der Waals surface area contributed by atoms with Gasteiger partial charge in [0.15, 0.2) is 0 Å². The maximum Gasteiger partial charge on any atom is 0.0436 e. The molecule has 1 nitrogen and oxygen atoms in total. The van der Waals surface area contributed by atoms with E-state index in [9.17, 15) is 0 Å². The zero-order valence-corrected chi connectivity index (χ0v) is 7.79. The maximum absolute atomic E-state index is 9.02. The summed E-state index contributed by atoms with van der Waals surface area (Å²) in [4.78, 5) is 0. The Hall–Kier alpha value is -0.0400. The topological polar surface area (TPSA) is 20.2 Å². The predicted molar refractivity (Wildman–Crippen MR) is 47.6 cm³/mol. The summed E-state index contributed by atoms with van der Waals surface area (Å²) >= 11 is 0. The van der Waals surface area contributed by atoms with E-state index >= 15 is 0 Å². The van der Waals surface area contributed by atoms with Crippen molar-refractivity contribution in [2.45, 2.75) is 32.6 Å². The lowest BCUT2D eigenvalue weighted by molar-refractivity contribution is -0.0656. The van der Waals surface area contributed by atoms with Crippen molar-refractivity contribution in [1.82, 2.24) is 0 Å². The van der Waals surface area contributed by atoms with Crippen LogP contribution in [-0.2, 0) is 0 Å². The van der Waals surface area contributed by atoms with Gasteiger partial charge in [-0.3, -0.25) is 0 Å². The van der Waals surface area contributed by atoms with Crippen LogP contribution in [-0.4, -0.2) is 11.7 Å². The van der Waals surface area contributed by atoms with Crippen LogP contribution in [0.4, 0.5) is 0 Å². The molecule has 0 aromatic heterocycles. The van der Waals surface area contributed by atoms with Crippen LogP contribution in [0.25, 0.3) is 0 Å². The van der Waals surface area contributed by atoms with Gasteiger partial charge in [-0.2, -0.15) is 0 Å². The van der Waals surface area contributed by atoms with E-state index in [2.05, 4.69) is 6.92 Å². The highest BCUT2D eigenvalue weighted by Crippen LogP contribution is 2.72. The van der Waals surface area contributed by atoms with E-state index < -0.39 is 0 Å². The molecule has 3 fully saturated rings. The minimum absolute atomic E-state index is 0.400. The lowest BCUT2D eigenvalue weighted by Gasteiger charge is -2.55. The van der Waals surface area contributed by atoms with Crippen molar-refractivity contribution in [2.24, 2.45) is 29.1 Å². The molecule has 0 radical (unpaired) electrons. The second-order valence-electron chi connectivity index (χ2n) is 5.51. The molecule has 3 rings (SSSR count).